The molecule has 5 heteroatoms. The Morgan fingerprint density at radius 2 is 0.617 bits per heavy atom. The van der Waals surface area contributed by atoms with Crippen LogP contribution >= 0.6 is 0 Å². The van der Waals surface area contributed by atoms with Crippen LogP contribution in [0.2, 0.25) is 0 Å². The number of rotatable bonds is 51. The molecule has 0 aliphatic heterocycles. The topological polar surface area (TPSA) is 72.8 Å². The molecule has 1 unspecified atom stereocenters. The molecular formula is C55H106O5. The number of aliphatic hydroxyl groups is 1. The lowest BCUT2D eigenvalue weighted by Gasteiger charge is -2.15. The quantitative estimate of drug-likeness (QED) is 0.0375. The van der Waals surface area contributed by atoms with Crippen molar-refractivity contribution in [3.8, 4) is 0 Å². The van der Waals surface area contributed by atoms with Crippen molar-refractivity contribution in [2.75, 3.05) is 13.2 Å². The maximum absolute atomic E-state index is 12.2. The average molecular weight is 847 g/mol. The zero-order chi connectivity index (χ0) is 43.5. The molecule has 0 heterocycles. The van der Waals surface area contributed by atoms with Crippen LogP contribution < -0.4 is 0 Å². The third-order valence-electron chi connectivity index (χ3n) is 12.6. The van der Waals surface area contributed by atoms with Gasteiger partial charge in [0, 0.05) is 12.8 Å². The fraction of sp³-hybridized carbons (Fsp3) is 0.927. The second-order valence-electron chi connectivity index (χ2n) is 18.7. The maximum Gasteiger partial charge on any atom is 0.306 e. The van der Waals surface area contributed by atoms with E-state index in [9.17, 15) is 14.7 Å². The maximum atomic E-state index is 12.2. The van der Waals surface area contributed by atoms with E-state index >= 15 is 0 Å². The van der Waals surface area contributed by atoms with Crippen molar-refractivity contribution in [3.63, 3.8) is 0 Å². The Morgan fingerprint density at radius 3 is 0.900 bits per heavy atom. The van der Waals surface area contributed by atoms with Gasteiger partial charge in [-0.2, -0.15) is 0 Å². The van der Waals surface area contributed by atoms with Crippen molar-refractivity contribution in [1.82, 2.24) is 0 Å². The van der Waals surface area contributed by atoms with Gasteiger partial charge in [-0.25, -0.2) is 0 Å². The predicted molar refractivity (Wildman–Crippen MR) is 261 cm³/mol. The fourth-order valence-electron chi connectivity index (χ4n) is 8.44. The summed E-state index contributed by atoms with van der Waals surface area (Å²) >= 11 is 0. The number of carbonyl (C=O) groups is 2. The van der Waals surface area contributed by atoms with Crippen molar-refractivity contribution in [3.05, 3.63) is 12.2 Å². The first-order chi connectivity index (χ1) is 29.6. The zero-order valence-corrected chi connectivity index (χ0v) is 40.8. The molecular weight excluding hydrogens is 741 g/mol. The third kappa shape index (κ3) is 49.3. The molecule has 0 aromatic carbocycles. The molecule has 0 spiro atoms. The molecule has 1 atom stereocenters. The minimum absolute atomic E-state index is 0.0624. The van der Waals surface area contributed by atoms with Gasteiger partial charge in [0.1, 0.15) is 6.61 Å². The second-order valence-corrected chi connectivity index (χ2v) is 18.7. The van der Waals surface area contributed by atoms with Crippen molar-refractivity contribution in [2.45, 2.75) is 315 Å². The highest BCUT2D eigenvalue weighted by Gasteiger charge is 2.16. The molecule has 60 heavy (non-hydrogen) atoms. The van der Waals surface area contributed by atoms with Gasteiger partial charge >= 0.3 is 11.9 Å². The van der Waals surface area contributed by atoms with E-state index in [0.29, 0.717) is 12.8 Å². The van der Waals surface area contributed by atoms with E-state index in [1.807, 2.05) is 0 Å². The summed E-state index contributed by atoms with van der Waals surface area (Å²) in [5.74, 6) is -0.582. The molecule has 0 bridgehead atoms. The number of ether oxygens (including phenoxy) is 2. The van der Waals surface area contributed by atoms with Gasteiger partial charge in [0.15, 0.2) is 6.10 Å². The second kappa shape index (κ2) is 52.0. The summed E-state index contributed by atoms with van der Waals surface area (Å²) in [6.07, 6.45) is 63.4. The van der Waals surface area contributed by atoms with Crippen LogP contribution in [0.5, 0.6) is 0 Å². The normalized spacial score (nSPS) is 12.1. The molecule has 5 nitrogen and oxygen atoms in total. The lowest BCUT2D eigenvalue weighted by molar-refractivity contribution is -0.161. The Balaban J connectivity index is 3.38. The van der Waals surface area contributed by atoms with Gasteiger partial charge in [-0.1, -0.05) is 270 Å². The monoisotopic (exact) mass is 847 g/mol. The van der Waals surface area contributed by atoms with Crippen LogP contribution in [0.1, 0.15) is 309 Å². The number of carbonyl (C=O) groups excluding carboxylic acids is 2. The van der Waals surface area contributed by atoms with E-state index in [2.05, 4.69) is 26.0 Å². The summed E-state index contributed by atoms with van der Waals surface area (Å²) in [5, 5.41) is 9.61. The molecule has 0 aliphatic carbocycles. The molecule has 0 radical (unpaired) electrons. The van der Waals surface area contributed by atoms with Crippen LogP contribution in [-0.2, 0) is 19.1 Å². The van der Waals surface area contributed by atoms with E-state index in [4.69, 9.17) is 9.47 Å². The first kappa shape index (κ1) is 58.6. The third-order valence-corrected chi connectivity index (χ3v) is 12.6. The first-order valence-corrected chi connectivity index (χ1v) is 27.2. The molecule has 0 rings (SSSR count). The van der Waals surface area contributed by atoms with Gasteiger partial charge in [-0.05, 0) is 38.5 Å². The SMILES string of the molecule is CCCCCCCC/C=C\CCCCCCCC(=O)OC(CO)COC(=O)CCCCCCCCCCCCCCCCCCCCCCCCCCCCCCCCC. The standard InChI is InChI=1S/C55H106O5/c1-3-5-7-9-11-13-15-17-19-20-21-22-23-24-25-26-27-28-29-30-31-32-33-34-36-37-39-41-43-45-47-49-54(57)59-52-53(51-56)60-55(58)50-48-46-44-42-40-38-35-18-16-14-12-10-8-6-4-2/h18,35,53,56H,3-17,19-34,36-52H2,1-2H3/b35-18-. The Hall–Kier alpha value is -1.36. The van der Waals surface area contributed by atoms with Gasteiger partial charge in [0.05, 0.1) is 6.61 Å². The van der Waals surface area contributed by atoms with Gasteiger partial charge < -0.3 is 14.6 Å². The van der Waals surface area contributed by atoms with E-state index in [1.54, 1.807) is 0 Å². The van der Waals surface area contributed by atoms with Crippen molar-refractivity contribution < 1.29 is 24.2 Å². The van der Waals surface area contributed by atoms with E-state index in [-0.39, 0.29) is 25.2 Å². The van der Waals surface area contributed by atoms with Crippen molar-refractivity contribution >= 4 is 11.9 Å². The highest BCUT2D eigenvalue weighted by molar-refractivity contribution is 5.70. The molecule has 0 fully saturated rings. The van der Waals surface area contributed by atoms with Crippen molar-refractivity contribution in [2.24, 2.45) is 0 Å². The number of hydrogen-bond acceptors (Lipinski definition) is 5. The molecule has 0 aliphatic rings. The van der Waals surface area contributed by atoms with Crippen LogP contribution in [0, 0.1) is 0 Å². The summed E-state index contributed by atoms with van der Waals surface area (Å²) in [7, 11) is 0. The lowest BCUT2D eigenvalue weighted by atomic mass is 10.0. The highest BCUT2D eigenvalue weighted by Crippen LogP contribution is 2.18. The minimum Gasteiger partial charge on any atom is -0.462 e. The summed E-state index contributed by atoms with van der Waals surface area (Å²) in [6, 6.07) is 0. The van der Waals surface area contributed by atoms with Crippen LogP contribution in [0.4, 0.5) is 0 Å². The van der Waals surface area contributed by atoms with E-state index in [0.717, 1.165) is 38.5 Å². The number of allylic oxidation sites excluding steroid dienone is 2. The summed E-state index contributed by atoms with van der Waals surface area (Å²) in [4.78, 5) is 24.4. The fourth-order valence-corrected chi connectivity index (χ4v) is 8.44. The smallest absolute Gasteiger partial charge is 0.306 e. The van der Waals surface area contributed by atoms with Crippen LogP contribution in [0.3, 0.4) is 0 Å². The first-order valence-electron chi connectivity index (χ1n) is 27.2. The van der Waals surface area contributed by atoms with E-state index < -0.39 is 6.10 Å². The molecule has 0 aromatic heterocycles. The Kier molecular flexibility index (Phi) is 50.8. The number of esters is 2. The molecule has 0 saturated carbocycles. The summed E-state index contributed by atoms with van der Waals surface area (Å²) in [6.45, 7) is 4.17. The van der Waals surface area contributed by atoms with Gasteiger partial charge in [0.2, 0.25) is 0 Å². The Morgan fingerprint density at radius 1 is 0.367 bits per heavy atom. The zero-order valence-electron chi connectivity index (χ0n) is 40.8. The highest BCUT2D eigenvalue weighted by atomic mass is 16.6. The summed E-state index contributed by atoms with van der Waals surface area (Å²) in [5.41, 5.74) is 0. The molecule has 0 aromatic rings. The van der Waals surface area contributed by atoms with Gasteiger partial charge in [-0.3, -0.25) is 9.59 Å². The Bertz CT molecular complexity index is 871. The number of aliphatic hydroxyl groups excluding tert-OH is 1. The molecule has 1 N–H and O–H groups in total. The molecule has 356 valence electrons. The Labute approximate surface area is 375 Å². The average Bonchev–Trinajstić information content (AvgIpc) is 3.25. The van der Waals surface area contributed by atoms with Gasteiger partial charge in [-0.15, -0.1) is 0 Å². The largest absolute Gasteiger partial charge is 0.462 e. The van der Waals surface area contributed by atoms with Crippen molar-refractivity contribution in [1.29, 1.82) is 0 Å². The van der Waals surface area contributed by atoms with Crippen LogP contribution in [-0.4, -0.2) is 36.4 Å². The number of hydrogen-bond donors (Lipinski definition) is 1. The van der Waals surface area contributed by atoms with Crippen LogP contribution in [0.15, 0.2) is 12.2 Å². The minimum atomic E-state index is -0.770. The number of unbranched alkanes of at least 4 members (excludes halogenated alkanes) is 41. The lowest BCUT2D eigenvalue weighted by Crippen LogP contribution is -2.28. The van der Waals surface area contributed by atoms with Gasteiger partial charge in [0.25, 0.3) is 0 Å². The molecule has 0 saturated heterocycles. The van der Waals surface area contributed by atoms with Crippen LogP contribution in [0.25, 0.3) is 0 Å². The predicted octanol–water partition coefficient (Wildman–Crippen LogP) is 18.0. The molecule has 0 amide bonds. The van der Waals surface area contributed by atoms with E-state index in [1.165, 1.54) is 244 Å². The summed E-state index contributed by atoms with van der Waals surface area (Å²) < 4.78 is 10.7.